The lowest BCUT2D eigenvalue weighted by Crippen LogP contribution is -2.49. The van der Waals surface area contributed by atoms with Crippen LogP contribution in [0.3, 0.4) is 0 Å². The monoisotopic (exact) mass is 625 g/mol. The molecule has 3 N–H and O–H groups in total. The molecule has 1 heterocycles. The number of carbonyl (C=O) groups excluding carboxylic acids is 1. The summed E-state index contributed by atoms with van der Waals surface area (Å²) in [6, 6.07) is 11.5. The predicted octanol–water partition coefficient (Wildman–Crippen LogP) is 6.47. The quantitative estimate of drug-likeness (QED) is 0.311. The molecule has 7 nitrogen and oxygen atoms in total. The Morgan fingerprint density at radius 2 is 2.07 bits per heavy atom. The normalized spacial score (nSPS) is 26.3. The van der Waals surface area contributed by atoms with Crippen LogP contribution in [0, 0.1) is 17.8 Å². The summed E-state index contributed by atoms with van der Waals surface area (Å²) in [4.78, 5) is 15.7. The molecule has 43 heavy (non-hydrogen) atoms. The zero-order valence-corrected chi connectivity index (χ0v) is 26.8. The van der Waals surface area contributed by atoms with E-state index in [4.69, 9.17) is 21.5 Å². The molecule has 7 atom stereocenters. The number of anilines is 1. The Hall–Kier alpha value is -2.65. The third kappa shape index (κ3) is 6.44. The zero-order valence-electron chi connectivity index (χ0n) is 25.2. The molecule has 2 aliphatic carbocycles. The molecule has 3 aliphatic rings. The number of hydrogen-bond acceptors (Lipinski definition) is 5. The highest BCUT2D eigenvalue weighted by molar-refractivity contribution is 7.92. The van der Waals surface area contributed by atoms with Crippen LogP contribution >= 0.6 is 11.6 Å². The van der Waals surface area contributed by atoms with E-state index in [1.165, 1.54) is 11.1 Å². The van der Waals surface area contributed by atoms with Gasteiger partial charge < -0.3 is 14.7 Å². The van der Waals surface area contributed by atoms with Crippen molar-refractivity contribution in [2.24, 2.45) is 27.3 Å². The van der Waals surface area contributed by atoms with E-state index < -0.39 is 27.2 Å². The van der Waals surface area contributed by atoms with Gasteiger partial charge >= 0.3 is 0 Å². The van der Waals surface area contributed by atoms with Crippen molar-refractivity contribution in [3.05, 3.63) is 83.4 Å². The number of fused-ring (bicyclic) bond motifs is 3. The van der Waals surface area contributed by atoms with Gasteiger partial charge in [0.2, 0.25) is 0 Å². The van der Waals surface area contributed by atoms with Crippen molar-refractivity contribution in [1.29, 1.82) is 0 Å². The summed E-state index contributed by atoms with van der Waals surface area (Å²) in [5.41, 5.74) is 3.37. The standard InChI is InChI=1S/C34H44ClN3O4S/c1-5-8-22(3)23(4)43(36,41)37-33(40)25-11-15-32-30(18-25)38(19-26-10-13-28(26)31(39)6-2)20-34(21-42-32)16-7-9-24-17-27(35)12-14-29(24)34/h5-6,11-12,14-15,17-18,22-23,26,28,31,39H,1-2,7-10,13,16,19-21H2,3-4H3,(H2,36,37,40,41)/t22-,23+,26-,28+,31-,34-,43?/m0/s1. The molecular formula is C34H44ClN3O4S. The first kappa shape index (κ1) is 31.8. The largest absolute Gasteiger partial charge is 0.490 e. The number of amides is 1. The Morgan fingerprint density at radius 1 is 1.28 bits per heavy atom. The summed E-state index contributed by atoms with van der Waals surface area (Å²) in [6.45, 7) is 13.2. The Kier molecular flexibility index (Phi) is 9.42. The second kappa shape index (κ2) is 12.8. The second-order valence-electron chi connectivity index (χ2n) is 12.7. The minimum Gasteiger partial charge on any atom is -0.490 e. The van der Waals surface area contributed by atoms with Crippen LogP contribution in [0.1, 0.15) is 67.4 Å². The topological polar surface area (TPSA) is 105 Å². The van der Waals surface area contributed by atoms with Gasteiger partial charge in [-0.3, -0.25) is 4.79 Å². The number of nitrogens with zero attached hydrogens (tertiary/aromatic N) is 2. The average molecular weight is 626 g/mol. The molecule has 0 saturated heterocycles. The smallest absolute Gasteiger partial charge is 0.286 e. The van der Waals surface area contributed by atoms with Crippen LogP contribution in [0.4, 0.5) is 5.69 Å². The number of rotatable bonds is 9. The molecule has 0 bridgehead atoms. The SMILES string of the molecule is C=CC[C@H](C)[C@@H](C)S(N)(=O)=NC(=O)c1ccc2c(c1)N(C[C@@H]1CC[C@H]1[C@@H](O)C=C)C[C@@]1(CCCc3cc(Cl)ccc31)CO2. The van der Waals surface area contributed by atoms with Crippen LogP contribution in [0.15, 0.2) is 66.1 Å². The van der Waals surface area contributed by atoms with Crippen molar-refractivity contribution >= 4 is 33.1 Å². The fraction of sp³-hybridized carbons (Fsp3) is 0.500. The Morgan fingerprint density at radius 3 is 2.77 bits per heavy atom. The summed E-state index contributed by atoms with van der Waals surface area (Å²) in [7, 11) is -3.28. The first-order valence-electron chi connectivity index (χ1n) is 15.3. The Labute approximate surface area is 261 Å². The summed E-state index contributed by atoms with van der Waals surface area (Å²) >= 11 is 6.39. The van der Waals surface area contributed by atoms with E-state index in [1.54, 1.807) is 31.2 Å². The van der Waals surface area contributed by atoms with Gasteiger partial charge in [-0.25, -0.2) is 9.35 Å². The van der Waals surface area contributed by atoms with Crippen molar-refractivity contribution in [1.82, 2.24) is 0 Å². The number of allylic oxidation sites excluding steroid dienone is 1. The maximum atomic E-state index is 13.4. The van der Waals surface area contributed by atoms with E-state index in [1.807, 2.05) is 19.1 Å². The molecule has 232 valence electrons. The highest BCUT2D eigenvalue weighted by atomic mass is 35.5. The number of aliphatic hydroxyl groups is 1. The van der Waals surface area contributed by atoms with Crippen LogP contribution in [-0.4, -0.2) is 46.3 Å². The lowest BCUT2D eigenvalue weighted by atomic mass is 9.68. The minimum atomic E-state index is -3.28. The third-order valence-corrected chi connectivity index (χ3v) is 12.2. The molecule has 1 unspecified atom stereocenters. The Balaban J connectivity index is 1.52. The van der Waals surface area contributed by atoms with E-state index in [-0.39, 0.29) is 23.2 Å². The predicted molar refractivity (Wildman–Crippen MR) is 175 cm³/mol. The molecule has 9 heteroatoms. The van der Waals surface area contributed by atoms with Crippen molar-refractivity contribution < 1.29 is 18.8 Å². The van der Waals surface area contributed by atoms with Gasteiger partial charge in [0.05, 0.1) is 23.6 Å². The van der Waals surface area contributed by atoms with Crippen molar-refractivity contribution in [2.75, 3.05) is 24.6 Å². The third-order valence-electron chi connectivity index (χ3n) is 9.99. The lowest BCUT2D eigenvalue weighted by molar-refractivity contribution is 0.0460. The highest BCUT2D eigenvalue weighted by Gasteiger charge is 2.44. The number of nitrogens with two attached hydrogens (primary N) is 1. The maximum Gasteiger partial charge on any atom is 0.286 e. The van der Waals surface area contributed by atoms with Gasteiger partial charge in [-0.2, -0.15) is 0 Å². The van der Waals surface area contributed by atoms with Crippen molar-refractivity contribution in [3.8, 4) is 5.75 Å². The summed E-state index contributed by atoms with van der Waals surface area (Å²) < 4.78 is 23.9. The van der Waals surface area contributed by atoms with Crippen LogP contribution in [0.2, 0.25) is 5.02 Å². The molecule has 0 radical (unpaired) electrons. The summed E-state index contributed by atoms with van der Waals surface area (Å²) in [5, 5.41) is 17.0. The van der Waals surface area contributed by atoms with Crippen LogP contribution in [-0.2, 0) is 21.8 Å². The number of halogens is 1. The van der Waals surface area contributed by atoms with Crippen LogP contribution < -0.4 is 14.8 Å². The minimum absolute atomic E-state index is 0.0340. The molecule has 1 amide bonds. The van der Waals surface area contributed by atoms with E-state index >= 15 is 0 Å². The Bertz CT molecular complexity index is 1520. The molecule has 2 aromatic carbocycles. The van der Waals surface area contributed by atoms with Crippen molar-refractivity contribution in [2.45, 2.75) is 69.1 Å². The molecule has 1 fully saturated rings. The van der Waals surface area contributed by atoms with Gasteiger partial charge in [-0.15, -0.1) is 17.5 Å². The average Bonchev–Trinajstić information content (AvgIpc) is 3.11. The molecular weight excluding hydrogens is 582 g/mol. The molecule has 0 aromatic heterocycles. The number of carbonyl (C=O) groups is 1. The fourth-order valence-corrected chi connectivity index (χ4v) is 8.53. The van der Waals surface area contributed by atoms with Crippen LogP contribution in [0.25, 0.3) is 0 Å². The zero-order chi connectivity index (χ0) is 30.9. The van der Waals surface area contributed by atoms with E-state index in [0.29, 0.717) is 37.4 Å². The first-order valence-corrected chi connectivity index (χ1v) is 17.3. The van der Waals surface area contributed by atoms with Gasteiger partial charge in [-0.05, 0) is 105 Å². The maximum absolute atomic E-state index is 13.4. The molecule has 1 saturated carbocycles. The number of benzene rings is 2. The molecule has 1 spiro atoms. The number of ether oxygens (including phenoxy) is 1. The first-order chi connectivity index (χ1) is 20.5. The van der Waals surface area contributed by atoms with E-state index in [0.717, 1.165) is 42.8 Å². The molecule has 1 aliphatic heterocycles. The number of hydrogen-bond donors (Lipinski definition) is 2. The molecule has 2 aromatic rings. The van der Waals surface area contributed by atoms with Gasteiger partial charge in [0.1, 0.15) is 15.7 Å². The van der Waals surface area contributed by atoms with E-state index in [2.05, 4.69) is 34.6 Å². The molecule has 5 rings (SSSR count). The number of aryl methyl sites for hydroxylation is 1. The van der Waals surface area contributed by atoms with Crippen molar-refractivity contribution in [3.63, 3.8) is 0 Å². The number of aliphatic hydroxyl groups excluding tert-OH is 1. The highest BCUT2D eigenvalue weighted by Crippen LogP contribution is 2.46. The van der Waals surface area contributed by atoms with E-state index in [9.17, 15) is 14.1 Å². The second-order valence-corrected chi connectivity index (χ2v) is 15.3. The summed E-state index contributed by atoms with van der Waals surface area (Å²) in [6.07, 6.45) is 8.38. The fourth-order valence-electron chi connectivity index (χ4n) is 7.03. The lowest BCUT2D eigenvalue weighted by Gasteiger charge is -2.45. The van der Waals surface area contributed by atoms with Gasteiger partial charge in [0.25, 0.3) is 5.91 Å². The van der Waals surface area contributed by atoms with Gasteiger partial charge in [0, 0.05) is 29.1 Å². The van der Waals surface area contributed by atoms with Gasteiger partial charge in [0.15, 0.2) is 0 Å². The van der Waals surface area contributed by atoms with Crippen LogP contribution in [0.5, 0.6) is 5.75 Å². The van der Waals surface area contributed by atoms with Gasteiger partial charge in [-0.1, -0.05) is 36.7 Å². The summed E-state index contributed by atoms with van der Waals surface area (Å²) in [5.74, 6) is 0.458.